The summed E-state index contributed by atoms with van der Waals surface area (Å²) < 4.78 is 10.9. The summed E-state index contributed by atoms with van der Waals surface area (Å²) in [6.45, 7) is 6.53. The molecule has 1 aliphatic rings. The summed E-state index contributed by atoms with van der Waals surface area (Å²) in [6.07, 6.45) is 0.686. The maximum absolute atomic E-state index is 13.2. The van der Waals surface area contributed by atoms with Gasteiger partial charge in [-0.25, -0.2) is 4.79 Å². The number of fused-ring (bicyclic) bond motifs is 1. The van der Waals surface area contributed by atoms with Crippen molar-refractivity contribution in [3.05, 3.63) is 53.1 Å². The number of aryl methyl sites for hydroxylation is 1. The number of nitrogens with one attached hydrogen (secondary N) is 2. The highest BCUT2D eigenvalue weighted by Gasteiger charge is 2.32. The maximum Gasteiger partial charge on any atom is 0.322 e. The molecule has 2 N–H and O–H groups in total. The number of carbonyl (C=O) groups is 2. The number of methoxy groups -OCH3 is 2. The number of amides is 3. The van der Waals surface area contributed by atoms with Crippen molar-refractivity contribution in [1.82, 2.24) is 10.2 Å². The highest BCUT2D eigenvalue weighted by Crippen LogP contribution is 2.38. The van der Waals surface area contributed by atoms with E-state index < -0.39 is 0 Å². The normalized spacial score (nSPS) is 15.3. The van der Waals surface area contributed by atoms with Crippen molar-refractivity contribution >= 4 is 17.6 Å². The Bertz CT molecular complexity index is 958. The van der Waals surface area contributed by atoms with Crippen LogP contribution >= 0.6 is 0 Å². The number of nitrogens with zero attached hydrogens (tertiary/aromatic N) is 1. The molecule has 0 bridgehead atoms. The number of urea groups is 1. The van der Waals surface area contributed by atoms with E-state index in [-0.39, 0.29) is 23.9 Å². The lowest BCUT2D eigenvalue weighted by Crippen LogP contribution is -2.47. The van der Waals surface area contributed by atoms with Gasteiger partial charge in [-0.15, -0.1) is 0 Å². The highest BCUT2D eigenvalue weighted by atomic mass is 16.5. The Hall–Kier alpha value is -3.22. The number of benzene rings is 2. The lowest BCUT2D eigenvalue weighted by Gasteiger charge is -2.38. The van der Waals surface area contributed by atoms with Crippen LogP contribution in [0.3, 0.4) is 0 Å². The van der Waals surface area contributed by atoms with Crippen molar-refractivity contribution in [3.8, 4) is 11.5 Å². The molecular formula is C24H31N3O4. The van der Waals surface area contributed by atoms with E-state index in [0.717, 1.165) is 22.4 Å². The van der Waals surface area contributed by atoms with Crippen LogP contribution in [0, 0.1) is 12.8 Å². The molecule has 0 aromatic heterocycles. The zero-order valence-electron chi connectivity index (χ0n) is 18.8. The summed E-state index contributed by atoms with van der Waals surface area (Å²) in [5.41, 5.74) is 3.85. The third-order valence-electron chi connectivity index (χ3n) is 5.53. The number of hydrogen-bond acceptors (Lipinski definition) is 4. The van der Waals surface area contributed by atoms with Gasteiger partial charge in [0.05, 0.1) is 20.3 Å². The fraction of sp³-hybridized carbons (Fsp3) is 0.417. The third kappa shape index (κ3) is 5.10. The first-order chi connectivity index (χ1) is 14.8. The minimum atomic E-state index is -0.323. The average molecular weight is 426 g/mol. The first-order valence-corrected chi connectivity index (χ1v) is 10.5. The Kier molecular flexibility index (Phi) is 7.05. The second-order valence-corrected chi connectivity index (χ2v) is 8.06. The summed E-state index contributed by atoms with van der Waals surface area (Å²) >= 11 is 0. The molecule has 1 atom stereocenters. The second-order valence-electron chi connectivity index (χ2n) is 8.06. The molecule has 1 heterocycles. The van der Waals surface area contributed by atoms with Crippen molar-refractivity contribution in [2.24, 2.45) is 5.92 Å². The predicted molar refractivity (Wildman–Crippen MR) is 121 cm³/mol. The molecule has 0 saturated heterocycles. The van der Waals surface area contributed by atoms with Crippen molar-refractivity contribution in [1.29, 1.82) is 0 Å². The van der Waals surface area contributed by atoms with Crippen molar-refractivity contribution in [2.45, 2.75) is 33.2 Å². The van der Waals surface area contributed by atoms with Gasteiger partial charge in [0.1, 0.15) is 0 Å². The molecule has 31 heavy (non-hydrogen) atoms. The van der Waals surface area contributed by atoms with Crippen molar-refractivity contribution < 1.29 is 19.1 Å². The van der Waals surface area contributed by atoms with E-state index in [1.54, 1.807) is 19.1 Å². The molecule has 7 nitrogen and oxygen atoms in total. The Balaban J connectivity index is 1.92. The molecule has 7 heteroatoms. The fourth-order valence-electron chi connectivity index (χ4n) is 3.81. The zero-order chi connectivity index (χ0) is 22.5. The Morgan fingerprint density at radius 1 is 1.13 bits per heavy atom. The number of rotatable bonds is 6. The number of hydrogen-bond donors (Lipinski definition) is 2. The van der Waals surface area contributed by atoms with Gasteiger partial charge in [0.15, 0.2) is 11.5 Å². The van der Waals surface area contributed by atoms with Gasteiger partial charge in [-0.1, -0.05) is 26.0 Å². The molecule has 0 aliphatic carbocycles. The van der Waals surface area contributed by atoms with Gasteiger partial charge >= 0.3 is 6.03 Å². The van der Waals surface area contributed by atoms with Crippen LogP contribution in [0.4, 0.5) is 10.5 Å². The molecule has 3 amide bonds. The van der Waals surface area contributed by atoms with Crippen LogP contribution < -0.4 is 20.1 Å². The topological polar surface area (TPSA) is 79.9 Å². The van der Waals surface area contributed by atoms with E-state index >= 15 is 0 Å². The van der Waals surface area contributed by atoms with Crippen LogP contribution in [0.1, 0.15) is 36.6 Å². The smallest absolute Gasteiger partial charge is 0.322 e. The summed E-state index contributed by atoms with van der Waals surface area (Å²) in [7, 11) is 3.19. The van der Waals surface area contributed by atoms with E-state index in [0.29, 0.717) is 31.0 Å². The minimum Gasteiger partial charge on any atom is -0.493 e. The molecule has 3 rings (SSSR count). The van der Waals surface area contributed by atoms with E-state index in [4.69, 9.17) is 9.47 Å². The molecular weight excluding hydrogens is 394 g/mol. The molecule has 0 saturated carbocycles. The van der Waals surface area contributed by atoms with Gasteiger partial charge in [0.2, 0.25) is 5.91 Å². The minimum absolute atomic E-state index is 0.0494. The Morgan fingerprint density at radius 2 is 1.84 bits per heavy atom. The van der Waals surface area contributed by atoms with Crippen LogP contribution in [0.15, 0.2) is 36.4 Å². The van der Waals surface area contributed by atoms with Gasteiger partial charge in [0, 0.05) is 24.7 Å². The van der Waals surface area contributed by atoms with Gasteiger partial charge < -0.3 is 25.0 Å². The second kappa shape index (κ2) is 9.73. The average Bonchev–Trinajstić information content (AvgIpc) is 2.75. The number of ether oxygens (including phenoxy) is 2. The van der Waals surface area contributed by atoms with Crippen LogP contribution in [-0.2, 0) is 11.2 Å². The fourth-order valence-corrected chi connectivity index (χ4v) is 3.81. The van der Waals surface area contributed by atoms with Crippen LogP contribution in [0.5, 0.6) is 11.5 Å². The molecule has 1 aliphatic heterocycles. The Morgan fingerprint density at radius 3 is 2.48 bits per heavy atom. The first kappa shape index (κ1) is 22.5. The van der Waals surface area contributed by atoms with E-state index in [9.17, 15) is 9.59 Å². The van der Waals surface area contributed by atoms with Gasteiger partial charge in [-0.2, -0.15) is 0 Å². The zero-order valence-corrected chi connectivity index (χ0v) is 18.8. The summed E-state index contributed by atoms with van der Waals surface area (Å²) in [5, 5.41) is 5.98. The van der Waals surface area contributed by atoms with Crippen molar-refractivity contribution in [3.63, 3.8) is 0 Å². The van der Waals surface area contributed by atoms with Gasteiger partial charge in [-0.05, 0) is 54.3 Å². The van der Waals surface area contributed by atoms with Crippen LogP contribution in [-0.4, -0.2) is 44.1 Å². The summed E-state index contributed by atoms with van der Waals surface area (Å²) in [4.78, 5) is 27.2. The van der Waals surface area contributed by atoms with Gasteiger partial charge in [0.25, 0.3) is 0 Å². The standard InChI is InChI=1S/C24H31N3O4/c1-15(2)23(28)25-14-20-19-13-22(31-5)21(30-4)12-17(19)9-10-27(20)24(29)26-18-8-6-7-16(3)11-18/h6-8,11-13,15,20H,9-10,14H2,1-5H3,(H,25,28)(H,26,29). The SMILES string of the molecule is COc1cc2c(cc1OC)C(CNC(=O)C(C)C)N(C(=O)Nc1cccc(C)c1)CC2. The van der Waals surface area contributed by atoms with Crippen LogP contribution in [0.25, 0.3) is 0 Å². The number of carbonyl (C=O) groups excluding carboxylic acids is 2. The predicted octanol–water partition coefficient (Wildman–Crippen LogP) is 3.92. The molecule has 1 unspecified atom stereocenters. The van der Waals surface area contributed by atoms with E-state index in [2.05, 4.69) is 10.6 Å². The first-order valence-electron chi connectivity index (χ1n) is 10.5. The van der Waals surface area contributed by atoms with Gasteiger partial charge in [-0.3, -0.25) is 4.79 Å². The quantitative estimate of drug-likeness (QED) is 0.735. The summed E-state index contributed by atoms with van der Waals surface area (Å²) in [5.74, 6) is 1.07. The monoisotopic (exact) mass is 425 g/mol. The third-order valence-corrected chi connectivity index (χ3v) is 5.53. The maximum atomic E-state index is 13.2. The number of anilines is 1. The molecule has 166 valence electrons. The Labute approximate surface area is 183 Å². The molecule has 0 spiro atoms. The summed E-state index contributed by atoms with van der Waals surface area (Å²) in [6, 6.07) is 11.0. The highest BCUT2D eigenvalue weighted by molar-refractivity contribution is 5.90. The van der Waals surface area contributed by atoms with E-state index in [1.807, 2.05) is 57.2 Å². The van der Waals surface area contributed by atoms with Crippen LogP contribution in [0.2, 0.25) is 0 Å². The van der Waals surface area contributed by atoms with Crippen molar-refractivity contribution in [2.75, 3.05) is 32.6 Å². The molecule has 0 radical (unpaired) electrons. The largest absolute Gasteiger partial charge is 0.493 e. The molecule has 2 aromatic carbocycles. The van der Waals surface area contributed by atoms with E-state index in [1.165, 1.54) is 0 Å². The lowest BCUT2D eigenvalue weighted by atomic mass is 9.91. The lowest BCUT2D eigenvalue weighted by molar-refractivity contribution is -0.124. The molecule has 2 aromatic rings. The molecule has 0 fully saturated rings.